The van der Waals surface area contributed by atoms with E-state index >= 15 is 0 Å². The van der Waals surface area contributed by atoms with Gasteiger partial charge in [0.1, 0.15) is 12.1 Å². The number of carbonyl (C=O) groups is 4. The number of aliphatic carboxylic acids is 2. The lowest BCUT2D eigenvalue weighted by atomic mass is 10.1. The molecular formula is C23H26ClN3O6S. The van der Waals surface area contributed by atoms with Crippen molar-refractivity contribution in [2.24, 2.45) is 5.73 Å². The lowest BCUT2D eigenvalue weighted by molar-refractivity contribution is -0.142. The molecule has 0 radical (unpaired) electrons. The topological polar surface area (TPSA) is 159 Å². The van der Waals surface area contributed by atoms with Gasteiger partial charge >= 0.3 is 11.9 Å². The van der Waals surface area contributed by atoms with Crippen molar-refractivity contribution in [3.05, 3.63) is 70.7 Å². The predicted molar refractivity (Wildman–Crippen MR) is 129 cm³/mol. The van der Waals surface area contributed by atoms with Crippen LogP contribution >= 0.6 is 23.4 Å². The van der Waals surface area contributed by atoms with E-state index < -0.39 is 41.9 Å². The van der Waals surface area contributed by atoms with Gasteiger partial charge in [-0.1, -0.05) is 54.1 Å². The van der Waals surface area contributed by atoms with E-state index in [1.165, 1.54) is 11.8 Å². The summed E-state index contributed by atoms with van der Waals surface area (Å²) >= 11 is 7.26. The monoisotopic (exact) mass is 507 g/mol. The van der Waals surface area contributed by atoms with Crippen LogP contribution < -0.4 is 16.4 Å². The number of carboxylic acid groups (broad SMARTS) is 2. The van der Waals surface area contributed by atoms with Gasteiger partial charge in [0.25, 0.3) is 0 Å². The molecule has 6 N–H and O–H groups in total. The second-order valence-corrected chi connectivity index (χ2v) is 8.90. The first kappa shape index (κ1) is 27.2. The molecule has 0 spiro atoms. The number of rotatable bonds is 13. The summed E-state index contributed by atoms with van der Waals surface area (Å²) in [7, 11) is 0. The maximum Gasteiger partial charge on any atom is 0.330 e. The summed E-state index contributed by atoms with van der Waals surface area (Å²) in [5.74, 6) is -3.02. The van der Waals surface area contributed by atoms with Crippen molar-refractivity contribution in [2.45, 2.75) is 36.7 Å². The Morgan fingerprint density at radius 3 is 2.18 bits per heavy atom. The second-order valence-electron chi connectivity index (χ2n) is 7.44. The van der Waals surface area contributed by atoms with Crippen LogP contribution in [0, 0.1) is 0 Å². The number of benzene rings is 2. The first-order chi connectivity index (χ1) is 16.2. The average molecular weight is 508 g/mol. The minimum absolute atomic E-state index is 0.102. The molecule has 2 amide bonds. The van der Waals surface area contributed by atoms with Gasteiger partial charge in [-0.3, -0.25) is 14.4 Å². The van der Waals surface area contributed by atoms with Crippen molar-refractivity contribution in [2.75, 3.05) is 5.75 Å². The summed E-state index contributed by atoms with van der Waals surface area (Å²) in [5, 5.41) is 24.1. The number of hydrogen-bond acceptors (Lipinski definition) is 6. The molecule has 9 nitrogen and oxygen atoms in total. The fourth-order valence-electron chi connectivity index (χ4n) is 2.91. The van der Waals surface area contributed by atoms with Crippen LogP contribution in [0.5, 0.6) is 0 Å². The van der Waals surface area contributed by atoms with Gasteiger partial charge in [0.05, 0.1) is 0 Å². The number of halogens is 1. The molecule has 0 fully saturated rings. The Bertz CT molecular complexity index is 990. The zero-order chi connectivity index (χ0) is 25.1. The Balaban J connectivity index is 2.07. The van der Waals surface area contributed by atoms with E-state index in [1.807, 2.05) is 12.1 Å². The maximum atomic E-state index is 13.0. The highest BCUT2D eigenvalue weighted by atomic mass is 35.5. The molecule has 0 aliphatic rings. The van der Waals surface area contributed by atoms with Gasteiger partial charge < -0.3 is 26.6 Å². The number of carbonyl (C=O) groups excluding carboxylic acids is 2. The molecular weight excluding hydrogens is 482 g/mol. The van der Waals surface area contributed by atoms with Crippen LogP contribution in [0.3, 0.4) is 0 Å². The van der Waals surface area contributed by atoms with Gasteiger partial charge in [0, 0.05) is 22.9 Å². The van der Waals surface area contributed by atoms with Crippen LogP contribution in [0.4, 0.5) is 0 Å². The summed E-state index contributed by atoms with van der Waals surface area (Å²) in [6.07, 6.45) is -0.296. The molecule has 182 valence electrons. The van der Waals surface area contributed by atoms with Gasteiger partial charge in [0.2, 0.25) is 11.8 Å². The first-order valence-electron chi connectivity index (χ1n) is 10.4. The first-order valence-corrected chi connectivity index (χ1v) is 11.9. The standard InChI is InChI=1S/C23H26ClN3O6S/c24-16-8-6-14(7-9-16)12-34-13-18(26-19(28)11-10-17(25)22(30)31)21(29)27-20(23(32)33)15-4-2-1-3-5-15/h1-9,17-18,20H,10-13,25H2,(H,26,28)(H,27,29)(H,30,31)(H,32,33). The Labute approximate surface area is 206 Å². The van der Waals surface area contributed by atoms with Crippen LogP contribution in [-0.2, 0) is 24.9 Å². The van der Waals surface area contributed by atoms with Crippen LogP contribution in [-0.4, -0.2) is 51.8 Å². The lowest BCUT2D eigenvalue weighted by Crippen LogP contribution is -2.50. The van der Waals surface area contributed by atoms with Crippen molar-refractivity contribution in [1.29, 1.82) is 0 Å². The van der Waals surface area contributed by atoms with E-state index in [0.717, 1.165) is 5.56 Å². The van der Waals surface area contributed by atoms with Crippen LogP contribution in [0.1, 0.15) is 30.0 Å². The summed E-state index contributed by atoms with van der Waals surface area (Å²) in [4.78, 5) is 48.0. The van der Waals surface area contributed by atoms with E-state index in [0.29, 0.717) is 16.3 Å². The zero-order valence-electron chi connectivity index (χ0n) is 18.1. The van der Waals surface area contributed by atoms with Gasteiger partial charge in [0.15, 0.2) is 6.04 Å². The molecule has 0 heterocycles. The summed E-state index contributed by atoms with van der Waals surface area (Å²) < 4.78 is 0. The molecule has 0 bridgehead atoms. The van der Waals surface area contributed by atoms with Crippen LogP contribution in [0.2, 0.25) is 5.02 Å². The predicted octanol–water partition coefficient (Wildman–Crippen LogP) is 2.19. The van der Waals surface area contributed by atoms with Gasteiger partial charge in [-0.25, -0.2) is 4.79 Å². The SMILES string of the molecule is NC(CCC(=O)NC(CSCc1ccc(Cl)cc1)C(=O)NC(C(=O)O)c1ccccc1)C(=O)O. The number of hydrogen-bond donors (Lipinski definition) is 5. The number of amides is 2. The third kappa shape index (κ3) is 9.05. The average Bonchev–Trinajstić information content (AvgIpc) is 2.81. The zero-order valence-corrected chi connectivity index (χ0v) is 19.7. The molecule has 3 unspecified atom stereocenters. The largest absolute Gasteiger partial charge is 0.480 e. The highest BCUT2D eigenvalue weighted by Crippen LogP contribution is 2.18. The third-order valence-corrected chi connectivity index (χ3v) is 6.14. The van der Waals surface area contributed by atoms with Crippen molar-refractivity contribution in [3.63, 3.8) is 0 Å². The smallest absolute Gasteiger partial charge is 0.330 e. The van der Waals surface area contributed by atoms with E-state index in [1.54, 1.807) is 42.5 Å². The van der Waals surface area contributed by atoms with Crippen LogP contribution in [0.15, 0.2) is 54.6 Å². The molecule has 0 aromatic heterocycles. The molecule has 0 saturated carbocycles. The number of carboxylic acids is 2. The second kappa shape index (κ2) is 13.6. The van der Waals surface area contributed by atoms with Gasteiger partial charge in [-0.2, -0.15) is 11.8 Å². The van der Waals surface area contributed by atoms with E-state index in [9.17, 15) is 24.3 Å². The summed E-state index contributed by atoms with van der Waals surface area (Å²) in [6, 6.07) is 11.8. The normalized spacial score (nSPS) is 13.4. The van der Waals surface area contributed by atoms with Crippen molar-refractivity contribution < 1.29 is 29.4 Å². The number of nitrogens with two attached hydrogens (primary N) is 1. The van der Waals surface area contributed by atoms with E-state index in [2.05, 4.69) is 10.6 Å². The van der Waals surface area contributed by atoms with Crippen molar-refractivity contribution in [3.8, 4) is 0 Å². The molecule has 3 atom stereocenters. The lowest BCUT2D eigenvalue weighted by Gasteiger charge is -2.22. The molecule has 11 heteroatoms. The number of nitrogens with one attached hydrogen (secondary N) is 2. The summed E-state index contributed by atoms with van der Waals surface area (Å²) in [5.41, 5.74) is 6.78. The fraction of sp³-hybridized carbons (Fsp3) is 0.304. The van der Waals surface area contributed by atoms with Gasteiger partial charge in [-0.05, 0) is 29.7 Å². The Hall–Kier alpha value is -3.08. The molecule has 34 heavy (non-hydrogen) atoms. The molecule has 0 aliphatic carbocycles. The Kier molecular flexibility index (Phi) is 10.9. The van der Waals surface area contributed by atoms with E-state index in [4.69, 9.17) is 22.4 Å². The molecule has 0 saturated heterocycles. The minimum Gasteiger partial charge on any atom is -0.480 e. The quantitative estimate of drug-likeness (QED) is 0.276. The van der Waals surface area contributed by atoms with Gasteiger partial charge in [-0.15, -0.1) is 0 Å². The Morgan fingerprint density at radius 1 is 0.941 bits per heavy atom. The third-order valence-electron chi connectivity index (χ3n) is 4.78. The molecule has 2 rings (SSSR count). The maximum absolute atomic E-state index is 13.0. The molecule has 0 aliphatic heterocycles. The van der Waals surface area contributed by atoms with Crippen molar-refractivity contribution >= 4 is 47.1 Å². The van der Waals surface area contributed by atoms with Crippen molar-refractivity contribution in [1.82, 2.24) is 10.6 Å². The van der Waals surface area contributed by atoms with E-state index in [-0.39, 0.29) is 18.6 Å². The molecule has 2 aromatic rings. The van der Waals surface area contributed by atoms with Crippen LogP contribution in [0.25, 0.3) is 0 Å². The number of thioether (sulfide) groups is 1. The molecule has 2 aromatic carbocycles. The highest BCUT2D eigenvalue weighted by Gasteiger charge is 2.28. The highest BCUT2D eigenvalue weighted by molar-refractivity contribution is 7.98. The summed E-state index contributed by atoms with van der Waals surface area (Å²) in [6.45, 7) is 0. The fourth-order valence-corrected chi connectivity index (χ4v) is 4.05. The Morgan fingerprint density at radius 2 is 1.59 bits per heavy atom. The minimum atomic E-state index is -1.30.